The molecular formula is C25H26N5O+. The van der Waals surface area contributed by atoms with Crippen LogP contribution in [0.2, 0.25) is 0 Å². The molecule has 2 heterocycles. The van der Waals surface area contributed by atoms with Crippen molar-refractivity contribution < 1.29 is 9.36 Å². The first kappa shape index (κ1) is 20.3. The fourth-order valence-corrected chi connectivity index (χ4v) is 3.87. The van der Waals surface area contributed by atoms with Crippen LogP contribution in [0, 0.1) is 12.3 Å². The second-order valence-electron chi connectivity index (χ2n) is 7.75. The van der Waals surface area contributed by atoms with Crippen molar-refractivity contribution in [3.05, 3.63) is 101 Å². The number of pyridine rings is 1. The van der Waals surface area contributed by atoms with E-state index in [-0.39, 0.29) is 11.7 Å². The third-order valence-corrected chi connectivity index (χ3v) is 5.52. The molecule has 0 saturated carbocycles. The van der Waals surface area contributed by atoms with Crippen molar-refractivity contribution in [3.63, 3.8) is 0 Å². The van der Waals surface area contributed by atoms with Crippen LogP contribution < -0.4 is 15.6 Å². The SMILES string of the molecule is Cc1c(C(=O)NCc2cc[n+](C)cc2)n(Cc2cccc(C(=N)N)c2)c2ccccc12. The van der Waals surface area contributed by atoms with Crippen LogP contribution in [-0.4, -0.2) is 16.3 Å². The number of hydrogen-bond donors (Lipinski definition) is 3. The van der Waals surface area contributed by atoms with Gasteiger partial charge in [0, 0.05) is 41.7 Å². The molecule has 0 aliphatic carbocycles. The Bertz CT molecular complexity index is 1270. The third-order valence-electron chi connectivity index (χ3n) is 5.52. The summed E-state index contributed by atoms with van der Waals surface area (Å²) in [6.45, 7) is 2.96. The van der Waals surface area contributed by atoms with Gasteiger partial charge in [0.25, 0.3) is 5.91 Å². The minimum Gasteiger partial charge on any atom is -0.384 e. The number of aryl methyl sites for hydroxylation is 2. The number of hydrogen-bond acceptors (Lipinski definition) is 2. The number of amides is 1. The lowest BCUT2D eigenvalue weighted by Gasteiger charge is -2.13. The summed E-state index contributed by atoms with van der Waals surface area (Å²) in [6.07, 6.45) is 3.93. The minimum atomic E-state index is -0.107. The quantitative estimate of drug-likeness (QED) is 0.258. The number of benzene rings is 2. The summed E-state index contributed by atoms with van der Waals surface area (Å²) >= 11 is 0. The van der Waals surface area contributed by atoms with E-state index in [1.807, 2.05) is 96.2 Å². The van der Waals surface area contributed by atoms with Gasteiger partial charge >= 0.3 is 0 Å². The molecule has 4 rings (SSSR count). The maximum atomic E-state index is 13.3. The number of nitrogens with zero attached hydrogens (tertiary/aromatic N) is 2. The normalized spacial score (nSPS) is 10.9. The first-order chi connectivity index (χ1) is 14.9. The van der Waals surface area contributed by atoms with Crippen LogP contribution in [0.5, 0.6) is 0 Å². The summed E-state index contributed by atoms with van der Waals surface area (Å²) < 4.78 is 4.01. The lowest BCUT2D eigenvalue weighted by atomic mass is 10.1. The highest BCUT2D eigenvalue weighted by molar-refractivity contribution is 6.01. The number of carbonyl (C=O) groups excluding carboxylic acids is 1. The fraction of sp³-hybridized carbons (Fsp3) is 0.160. The molecule has 4 aromatic rings. The van der Waals surface area contributed by atoms with Crippen LogP contribution in [0.3, 0.4) is 0 Å². The van der Waals surface area contributed by atoms with E-state index < -0.39 is 0 Å². The molecule has 0 aliphatic heterocycles. The number of rotatable bonds is 6. The topological polar surface area (TPSA) is 87.8 Å². The zero-order valence-electron chi connectivity index (χ0n) is 17.7. The summed E-state index contributed by atoms with van der Waals surface area (Å²) in [7, 11) is 1.96. The summed E-state index contributed by atoms with van der Waals surface area (Å²) in [6, 6.07) is 19.6. The predicted octanol–water partition coefficient (Wildman–Crippen LogP) is 3.04. The molecule has 2 aromatic heterocycles. The molecule has 31 heavy (non-hydrogen) atoms. The van der Waals surface area contributed by atoms with Crippen molar-refractivity contribution in [2.45, 2.75) is 20.0 Å². The number of amidine groups is 1. The lowest BCUT2D eigenvalue weighted by molar-refractivity contribution is -0.671. The van der Waals surface area contributed by atoms with E-state index in [4.69, 9.17) is 11.1 Å². The molecule has 6 heteroatoms. The number of para-hydroxylation sites is 1. The smallest absolute Gasteiger partial charge is 0.268 e. The highest BCUT2D eigenvalue weighted by atomic mass is 16.1. The zero-order valence-corrected chi connectivity index (χ0v) is 17.7. The van der Waals surface area contributed by atoms with Gasteiger partial charge in [0.2, 0.25) is 0 Å². The molecule has 6 nitrogen and oxygen atoms in total. The molecule has 0 saturated heterocycles. The lowest BCUT2D eigenvalue weighted by Crippen LogP contribution is -2.29. The molecule has 1 amide bonds. The summed E-state index contributed by atoms with van der Waals surface area (Å²) in [5.74, 6) is -0.0747. The summed E-state index contributed by atoms with van der Waals surface area (Å²) in [4.78, 5) is 13.3. The van der Waals surface area contributed by atoms with Crippen molar-refractivity contribution in [1.29, 1.82) is 5.41 Å². The summed E-state index contributed by atoms with van der Waals surface area (Å²) in [5, 5.41) is 11.8. The Morgan fingerprint density at radius 3 is 2.55 bits per heavy atom. The van der Waals surface area contributed by atoms with Gasteiger partial charge in [-0.15, -0.1) is 0 Å². The fourth-order valence-electron chi connectivity index (χ4n) is 3.87. The van der Waals surface area contributed by atoms with E-state index in [1.54, 1.807) is 0 Å². The zero-order chi connectivity index (χ0) is 22.0. The third kappa shape index (κ3) is 4.19. The number of fused-ring (bicyclic) bond motifs is 1. The average molecular weight is 413 g/mol. The van der Waals surface area contributed by atoms with E-state index in [2.05, 4.69) is 5.32 Å². The standard InChI is InChI=1S/C25H25N5O/c1-17-21-8-3-4-9-22(21)30(16-19-6-5-7-20(14-19)24(26)27)23(17)25(31)28-15-18-10-12-29(2)13-11-18/h3-14H,15-16H2,1-2H3,(H3-,26,27,28,31)/p+1. The van der Waals surface area contributed by atoms with Gasteiger partial charge in [0.1, 0.15) is 18.6 Å². The van der Waals surface area contributed by atoms with E-state index >= 15 is 0 Å². The van der Waals surface area contributed by atoms with Crippen molar-refractivity contribution in [3.8, 4) is 0 Å². The highest BCUT2D eigenvalue weighted by Crippen LogP contribution is 2.27. The second-order valence-corrected chi connectivity index (χ2v) is 7.75. The molecule has 2 aromatic carbocycles. The number of nitrogens with one attached hydrogen (secondary N) is 2. The number of aromatic nitrogens is 2. The Morgan fingerprint density at radius 2 is 1.81 bits per heavy atom. The maximum absolute atomic E-state index is 13.3. The first-order valence-electron chi connectivity index (χ1n) is 10.2. The van der Waals surface area contributed by atoms with Gasteiger partial charge in [-0.2, -0.15) is 0 Å². The van der Waals surface area contributed by atoms with Gasteiger partial charge in [0.05, 0.1) is 0 Å². The number of nitrogen functional groups attached to an aromatic ring is 1. The summed E-state index contributed by atoms with van der Waals surface area (Å²) in [5.41, 5.74) is 11.0. The Kier molecular flexibility index (Phi) is 5.54. The van der Waals surface area contributed by atoms with Gasteiger partial charge in [0.15, 0.2) is 12.4 Å². The van der Waals surface area contributed by atoms with Gasteiger partial charge in [-0.3, -0.25) is 10.2 Å². The number of nitrogens with two attached hydrogens (primary N) is 1. The van der Waals surface area contributed by atoms with Crippen LogP contribution in [0.1, 0.15) is 32.7 Å². The second kappa shape index (κ2) is 8.44. The Hall–Kier alpha value is -3.93. The molecule has 0 unspecified atom stereocenters. The minimum absolute atomic E-state index is 0.0321. The molecule has 0 atom stereocenters. The van der Waals surface area contributed by atoms with Crippen molar-refractivity contribution in [2.75, 3.05) is 0 Å². The predicted molar refractivity (Wildman–Crippen MR) is 122 cm³/mol. The van der Waals surface area contributed by atoms with E-state index in [0.29, 0.717) is 24.3 Å². The average Bonchev–Trinajstić information content (AvgIpc) is 3.05. The van der Waals surface area contributed by atoms with Gasteiger partial charge in [-0.1, -0.05) is 36.4 Å². The van der Waals surface area contributed by atoms with Gasteiger partial charge in [-0.25, -0.2) is 4.57 Å². The van der Waals surface area contributed by atoms with Crippen molar-refractivity contribution in [2.24, 2.45) is 12.8 Å². The van der Waals surface area contributed by atoms with Gasteiger partial charge < -0.3 is 15.6 Å². The van der Waals surface area contributed by atoms with Crippen LogP contribution in [-0.2, 0) is 20.1 Å². The van der Waals surface area contributed by atoms with Crippen LogP contribution >= 0.6 is 0 Å². The van der Waals surface area contributed by atoms with E-state index in [1.165, 1.54) is 0 Å². The van der Waals surface area contributed by atoms with E-state index in [0.717, 1.165) is 27.6 Å². The highest BCUT2D eigenvalue weighted by Gasteiger charge is 2.20. The molecule has 4 N–H and O–H groups in total. The molecule has 0 aliphatic rings. The van der Waals surface area contributed by atoms with Crippen molar-refractivity contribution >= 4 is 22.6 Å². The molecule has 156 valence electrons. The Balaban J connectivity index is 1.70. The van der Waals surface area contributed by atoms with Crippen LogP contribution in [0.4, 0.5) is 0 Å². The number of carbonyl (C=O) groups is 1. The molecule has 0 bridgehead atoms. The van der Waals surface area contributed by atoms with Gasteiger partial charge in [-0.05, 0) is 35.7 Å². The van der Waals surface area contributed by atoms with Crippen LogP contribution in [0.15, 0.2) is 73.1 Å². The molecule has 0 radical (unpaired) electrons. The van der Waals surface area contributed by atoms with Crippen LogP contribution in [0.25, 0.3) is 10.9 Å². The largest absolute Gasteiger partial charge is 0.384 e. The molecule has 0 fully saturated rings. The monoisotopic (exact) mass is 412 g/mol. The molecular weight excluding hydrogens is 386 g/mol. The maximum Gasteiger partial charge on any atom is 0.268 e. The first-order valence-corrected chi connectivity index (χ1v) is 10.2. The van der Waals surface area contributed by atoms with E-state index in [9.17, 15) is 4.79 Å². The van der Waals surface area contributed by atoms with Crippen molar-refractivity contribution in [1.82, 2.24) is 9.88 Å². The Labute approximate surface area is 181 Å². The molecule has 0 spiro atoms. The Morgan fingerprint density at radius 1 is 1.06 bits per heavy atom.